The van der Waals surface area contributed by atoms with Crippen molar-refractivity contribution in [3.05, 3.63) is 29.8 Å². The largest absolute Gasteiger partial charge is 0.493 e. The minimum absolute atomic E-state index is 0.121. The molecule has 0 bridgehead atoms. The van der Waals surface area contributed by atoms with Gasteiger partial charge >= 0.3 is 0 Å². The summed E-state index contributed by atoms with van der Waals surface area (Å²) in [4.78, 5) is 0. The molecule has 1 unspecified atom stereocenters. The smallest absolute Gasteiger partial charge is 0.122 e. The van der Waals surface area contributed by atoms with Crippen molar-refractivity contribution in [2.45, 2.75) is 25.7 Å². The number of rotatable bonds is 3. The molecule has 104 valence electrons. The third-order valence-electron chi connectivity index (χ3n) is 4.57. The molecule has 0 amide bonds. The van der Waals surface area contributed by atoms with E-state index in [1.807, 2.05) is 6.07 Å². The number of benzene rings is 1. The van der Waals surface area contributed by atoms with Crippen LogP contribution in [-0.4, -0.2) is 26.4 Å². The fraction of sp³-hybridized carbons (Fsp3) is 0.625. The van der Waals surface area contributed by atoms with E-state index in [0.29, 0.717) is 6.54 Å². The molecule has 0 spiro atoms. The molecule has 3 nitrogen and oxygen atoms in total. The molecule has 2 heterocycles. The number of ether oxygens (including phenoxy) is 2. The van der Waals surface area contributed by atoms with Crippen LogP contribution in [0, 0.1) is 11.3 Å². The van der Waals surface area contributed by atoms with Gasteiger partial charge in [-0.15, -0.1) is 0 Å². The van der Waals surface area contributed by atoms with Crippen LogP contribution in [0.4, 0.5) is 0 Å². The molecule has 0 aliphatic carbocycles. The zero-order valence-electron chi connectivity index (χ0n) is 11.4. The quantitative estimate of drug-likeness (QED) is 0.908. The average Bonchev–Trinajstić information content (AvgIpc) is 2.48. The van der Waals surface area contributed by atoms with E-state index < -0.39 is 0 Å². The highest BCUT2D eigenvalue weighted by molar-refractivity contribution is 5.36. The zero-order chi connectivity index (χ0) is 13.1. The van der Waals surface area contributed by atoms with Crippen molar-refractivity contribution < 1.29 is 9.47 Å². The van der Waals surface area contributed by atoms with Crippen molar-refractivity contribution in [1.29, 1.82) is 0 Å². The maximum Gasteiger partial charge on any atom is 0.122 e. The summed E-state index contributed by atoms with van der Waals surface area (Å²) in [6.45, 7) is 3.28. The Hall–Kier alpha value is -1.06. The van der Waals surface area contributed by atoms with Crippen LogP contribution in [0.3, 0.4) is 0 Å². The Kier molecular flexibility index (Phi) is 3.76. The summed E-state index contributed by atoms with van der Waals surface area (Å²) in [5.41, 5.74) is 7.53. The Morgan fingerprint density at radius 2 is 2.00 bits per heavy atom. The van der Waals surface area contributed by atoms with E-state index in [9.17, 15) is 0 Å². The van der Waals surface area contributed by atoms with Gasteiger partial charge in [-0.2, -0.15) is 0 Å². The van der Waals surface area contributed by atoms with Crippen LogP contribution in [0.2, 0.25) is 0 Å². The number of fused-ring (bicyclic) bond motifs is 1. The van der Waals surface area contributed by atoms with Gasteiger partial charge in [0.2, 0.25) is 0 Å². The van der Waals surface area contributed by atoms with E-state index in [1.165, 1.54) is 24.8 Å². The van der Waals surface area contributed by atoms with Crippen LogP contribution >= 0.6 is 0 Å². The number of hydrogen-bond donors (Lipinski definition) is 1. The summed E-state index contributed by atoms with van der Waals surface area (Å²) in [5, 5.41) is 0. The van der Waals surface area contributed by atoms with Gasteiger partial charge in [0.25, 0.3) is 0 Å². The van der Waals surface area contributed by atoms with E-state index in [4.69, 9.17) is 15.2 Å². The number of para-hydroxylation sites is 1. The van der Waals surface area contributed by atoms with E-state index >= 15 is 0 Å². The fourth-order valence-corrected chi connectivity index (χ4v) is 3.38. The summed E-state index contributed by atoms with van der Waals surface area (Å²) in [6.07, 6.45) is 4.56. The van der Waals surface area contributed by atoms with Crippen LogP contribution in [0.15, 0.2) is 24.3 Å². The lowest BCUT2D eigenvalue weighted by Crippen LogP contribution is -2.43. The first-order chi connectivity index (χ1) is 9.31. The highest BCUT2D eigenvalue weighted by Gasteiger charge is 2.37. The van der Waals surface area contributed by atoms with Gasteiger partial charge < -0.3 is 15.2 Å². The van der Waals surface area contributed by atoms with Crippen molar-refractivity contribution in [3.8, 4) is 5.75 Å². The number of nitrogens with two attached hydrogens (primary N) is 1. The van der Waals surface area contributed by atoms with E-state index in [0.717, 1.165) is 37.9 Å². The Bertz CT molecular complexity index is 429. The normalized spacial score (nSPS) is 27.6. The molecule has 2 N–H and O–H groups in total. The molecule has 1 saturated heterocycles. The number of hydrogen-bond acceptors (Lipinski definition) is 3. The van der Waals surface area contributed by atoms with Gasteiger partial charge in [-0.3, -0.25) is 0 Å². The average molecular weight is 261 g/mol. The topological polar surface area (TPSA) is 44.5 Å². The van der Waals surface area contributed by atoms with E-state index in [-0.39, 0.29) is 5.41 Å². The summed E-state index contributed by atoms with van der Waals surface area (Å²) < 4.78 is 11.4. The van der Waals surface area contributed by atoms with Crippen LogP contribution < -0.4 is 10.5 Å². The molecule has 3 heteroatoms. The maximum absolute atomic E-state index is 6.10. The first-order valence-corrected chi connectivity index (χ1v) is 7.30. The Balaban J connectivity index is 1.73. The monoisotopic (exact) mass is 261 g/mol. The maximum atomic E-state index is 6.10. The Morgan fingerprint density at radius 3 is 2.79 bits per heavy atom. The van der Waals surface area contributed by atoms with Crippen molar-refractivity contribution in [1.82, 2.24) is 0 Å². The van der Waals surface area contributed by atoms with Gasteiger partial charge in [-0.25, -0.2) is 0 Å². The SMILES string of the molecule is NCC1(CC2CCOCC2)COc2ccccc2C1. The second-order valence-corrected chi connectivity index (χ2v) is 6.04. The summed E-state index contributed by atoms with van der Waals surface area (Å²) in [7, 11) is 0. The van der Waals surface area contributed by atoms with Gasteiger partial charge in [0.05, 0.1) is 6.61 Å². The highest BCUT2D eigenvalue weighted by Crippen LogP contribution is 2.40. The molecule has 1 atom stereocenters. The van der Waals surface area contributed by atoms with Gasteiger partial charge in [-0.05, 0) is 43.2 Å². The van der Waals surface area contributed by atoms with Crippen LogP contribution in [-0.2, 0) is 11.2 Å². The Morgan fingerprint density at radius 1 is 1.21 bits per heavy atom. The molecule has 0 radical (unpaired) electrons. The lowest BCUT2D eigenvalue weighted by Gasteiger charge is -2.40. The molecular weight excluding hydrogens is 238 g/mol. The van der Waals surface area contributed by atoms with Crippen LogP contribution in [0.25, 0.3) is 0 Å². The lowest BCUT2D eigenvalue weighted by atomic mass is 9.72. The second kappa shape index (κ2) is 5.51. The van der Waals surface area contributed by atoms with Crippen molar-refractivity contribution in [2.75, 3.05) is 26.4 Å². The van der Waals surface area contributed by atoms with Crippen LogP contribution in [0.1, 0.15) is 24.8 Å². The third kappa shape index (κ3) is 2.77. The van der Waals surface area contributed by atoms with Crippen molar-refractivity contribution in [2.24, 2.45) is 17.1 Å². The minimum atomic E-state index is 0.121. The summed E-state index contributed by atoms with van der Waals surface area (Å²) in [6, 6.07) is 8.35. The van der Waals surface area contributed by atoms with Crippen molar-refractivity contribution >= 4 is 0 Å². The Labute approximate surface area is 115 Å². The third-order valence-corrected chi connectivity index (χ3v) is 4.57. The highest BCUT2D eigenvalue weighted by atomic mass is 16.5. The molecular formula is C16H23NO2. The molecule has 2 aliphatic rings. The van der Waals surface area contributed by atoms with Gasteiger partial charge in [0, 0.05) is 25.2 Å². The predicted octanol–water partition coefficient (Wildman–Crippen LogP) is 2.38. The molecule has 19 heavy (non-hydrogen) atoms. The van der Waals surface area contributed by atoms with Gasteiger partial charge in [0.1, 0.15) is 5.75 Å². The molecule has 1 aromatic rings. The van der Waals surface area contributed by atoms with E-state index in [2.05, 4.69) is 18.2 Å². The molecule has 0 saturated carbocycles. The summed E-state index contributed by atoms with van der Waals surface area (Å²) >= 11 is 0. The van der Waals surface area contributed by atoms with Crippen LogP contribution in [0.5, 0.6) is 5.75 Å². The van der Waals surface area contributed by atoms with Gasteiger partial charge in [-0.1, -0.05) is 18.2 Å². The van der Waals surface area contributed by atoms with Crippen molar-refractivity contribution in [3.63, 3.8) is 0 Å². The molecule has 2 aliphatic heterocycles. The molecule has 3 rings (SSSR count). The van der Waals surface area contributed by atoms with Gasteiger partial charge in [0.15, 0.2) is 0 Å². The molecule has 0 aromatic heterocycles. The minimum Gasteiger partial charge on any atom is -0.493 e. The zero-order valence-corrected chi connectivity index (χ0v) is 11.4. The first kappa shape index (κ1) is 12.9. The fourth-order valence-electron chi connectivity index (χ4n) is 3.38. The molecule has 1 fully saturated rings. The second-order valence-electron chi connectivity index (χ2n) is 6.04. The first-order valence-electron chi connectivity index (χ1n) is 7.30. The van der Waals surface area contributed by atoms with E-state index in [1.54, 1.807) is 0 Å². The lowest BCUT2D eigenvalue weighted by molar-refractivity contribution is 0.0311. The standard InChI is InChI=1S/C16H23NO2/c17-11-16(9-13-5-7-18-8-6-13)10-14-3-1-2-4-15(14)19-12-16/h1-4,13H,5-12,17H2. The molecule has 1 aromatic carbocycles. The predicted molar refractivity (Wildman–Crippen MR) is 75.3 cm³/mol. The summed E-state index contributed by atoms with van der Waals surface area (Å²) in [5.74, 6) is 1.78.